The second-order valence-corrected chi connectivity index (χ2v) is 2.41. The fourth-order valence-electron chi connectivity index (χ4n) is 0.556. The van der Waals surface area contributed by atoms with E-state index in [1.807, 2.05) is 13.0 Å². The summed E-state index contributed by atoms with van der Waals surface area (Å²) in [6.45, 7) is 6.03. The molecule has 0 saturated carbocycles. The van der Waals surface area contributed by atoms with Crippen LogP contribution in [0.3, 0.4) is 0 Å². The first kappa shape index (κ1) is 10.7. The van der Waals surface area contributed by atoms with Crippen LogP contribution in [0.2, 0.25) is 0 Å². The maximum absolute atomic E-state index is 8.61. The van der Waals surface area contributed by atoms with Gasteiger partial charge in [-0.1, -0.05) is 18.2 Å². The molecule has 0 spiro atoms. The lowest BCUT2D eigenvalue weighted by atomic mass is 10.2. The Hall–Kier alpha value is -1.33. The molecular weight excluding hydrogens is 150 g/mol. The van der Waals surface area contributed by atoms with E-state index in [1.54, 1.807) is 25.3 Å². The van der Waals surface area contributed by atoms with Crippen molar-refractivity contribution < 1.29 is 4.74 Å². The quantitative estimate of drug-likeness (QED) is 0.470. The van der Waals surface area contributed by atoms with Crippen LogP contribution in [0.1, 0.15) is 6.92 Å². The van der Waals surface area contributed by atoms with Crippen LogP contribution in [0.25, 0.3) is 0 Å². The third-order valence-corrected chi connectivity index (χ3v) is 1.15. The molecule has 2 nitrogen and oxygen atoms in total. The predicted octanol–water partition coefficient (Wildman–Crippen LogP) is 2.22. The average molecular weight is 163 g/mol. The Labute approximate surface area is 73.5 Å². The summed E-state index contributed by atoms with van der Waals surface area (Å²) in [5.41, 5.74) is 1.52. The van der Waals surface area contributed by atoms with Gasteiger partial charge < -0.3 is 4.74 Å². The highest BCUT2D eigenvalue weighted by Crippen LogP contribution is 1.98. The Morgan fingerprint density at radius 2 is 2.25 bits per heavy atom. The number of hydrogen-bond acceptors (Lipinski definition) is 2. The van der Waals surface area contributed by atoms with Crippen molar-refractivity contribution in [1.82, 2.24) is 0 Å². The number of allylic oxidation sites excluding steroid dienone is 4. The van der Waals surface area contributed by atoms with Gasteiger partial charge in [-0.25, -0.2) is 0 Å². The molecule has 0 bridgehead atoms. The third-order valence-electron chi connectivity index (χ3n) is 1.15. The van der Waals surface area contributed by atoms with Crippen molar-refractivity contribution in [3.05, 3.63) is 36.0 Å². The summed E-state index contributed by atoms with van der Waals surface area (Å²) < 4.78 is 4.80. The van der Waals surface area contributed by atoms with Crippen LogP contribution in [-0.4, -0.2) is 13.7 Å². The van der Waals surface area contributed by atoms with Gasteiger partial charge in [-0.15, -0.1) is 0 Å². The molecule has 0 atom stereocenters. The molecule has 0 radical (unpaired) electrons. The van der Waals surface area contributed by atoms with E-state index >= 15 is 0 Å². The van der Waals surface area contributed by atoms with Gasteiger partial charge >= 0.3 is 0 Å². The van der Waals surface area contributed by atoms with Crippen LogP contribution in [0, 0.1) is 11.3 Å². The normalized spacial score (nSPS) is 11.6. The van der Waals surface area contributed by atoms with E-state index in [0.717, 1.165) is 5.57 Å². The summed E-state index contributed by atoms with van der Waals surface area (Å²) in [4.78, 5) is 0. The van der Waals surface area contributed by atoms with Crippen molar-refractivity contribution in [1.29, 1.82) is 5.26 Å². The molecule has 0 amide bonds. The number of methoxy groups -OCH3 is 1. The van der Waals surface area contributed by atoms with Crippen LogP contribution in [0.4, 0.5) is 0 Å². The molecule has 0 aliphatic rings. The van der Waals surface area contributed by atoms with Crippen molar-refractivity contribution >= 4 is 0 Å². The van der Waals surface area contributed by atoms with Gasteiger partial charge in [0.05, 0.1) is 18.2 Å². The van der Waals surface area contributed by atoms with Crippen molar-refractivity contribution in [2.45, 2.75) is 6.92 Å². The van der Waals surface area contributed by atoms with Crippen LogP contribution in [-0.2, 0) is 4.74 Å². The van der Waals surface area contributed by atoms with Gasteiger partial charge in [-0.3, -0.25) is 0 Å². The molecule has 0 aromatic heterocycles. The Balaban J connectivity index is 4.19. The van der Waals surface area contributed by atoms with Crippen molar-refractivity contribution in [3.8, 4) is 6.07 Å². The molecule has 0 saturated heterocycles. The molecule has 0 aromatic rings. The summed E-state index contributed by atoms with van der Waals surface area (Å²) in [7, 11) is 1.59. The number of rotatable bonds is 4. The van der Waals surface area contributed by atoms with E-state index in [9.17, 15) is 0 Å². The number of hydrogen-bond donors (Lipinski definition) is 0. The first-order valence-corrected chi connectivity index (χ1v) is 3.63. The Bertz CT molecular complexity index is 243. The Morgan fingerprint density at radius 1 is 1.58 bits per heavy atom. The zero-order valence-electron chi connectivity index (χ0n) is 7.50. The minimum Gasteiger partial charge on any atom is -0.381 e. The van der Waals surface area contributed by atoms with Gasteiger partial charge in [0, 0.05) is 7.11 Å². The first-order chi connectivity index (χ1) is 5.70. The fraction of sp³-hybridized carbons (Fsp3) is 0.300. The molecule has 0 aromatic carbocycles. The lowest BCUT2D eigenvalue weighted by Crippen LogP contribution is -1.83. The number of ether oxygens (including phenoxy) is 1. The number of nitrogens with zero attached hydrogens (tertiary/aromatic N) is 1. The van der Waals surface area contributed by atoms with Crippen LogP contribution < -0.4 is 0 Å². The number of nitriles is 1. The maximum Gasteiger partial charge on any atom is 0.0989 e. The largest absolute Gasteiger partial charge is 0.381 e. The maximum atomic E-state index is 8.61. The molecular formula is C10H13NO. The highest BCUT2D eigenvalue weighted by Gasteiger charge is 1.86. The van der Waals surface area contributed by atoms with E-state index < -0.39 is 0 Å². The summed E-state index contributed by atoms with van der Waals surface area (Å²) in [5, 5.41) is 8.61. The van der Waals surface area contributed by atoms with Crippen molar-refractivity contribution in [2.24, 2.45) is 0 Å². The molecule has 0 fully saturated rings. The second kappa shape index (κ2) is 6.38. The van der Waals surface area contributed by atoms with Gasteiger partial charge in [-0.05, 0) is 19.1 Å². The van der Waals surface area contributed by atoms with E-state index in [1.165, 1.54) is 0 Å². The summed E-state index contributed by atoms with van der Waals surface area (Å²) in [5.74, 6) is 0. The lowest BCUT2D eigenvalue weighted by molar-refractivity contribution is 0.233. The SMILES string of the molecule is C=C(C)/C=C\C(C#N)=C/COC. The zero-order valence-corrected chi connectivity index (χ0v) is 7.50. The molecule has 12 heavy (non-hydrogen) atoms. The first-order valence-electron chi connectivity index (χ1n) is 3.63. The van der Waals surface area contributed by atoms with Gasteiger partial charge in [0.15, 0.2) is 0 Å². The Kier molecular flexibility index (Phi) is 5.68. The van der Waals surface area contributed by atoms with E-state index in [2.05, 4.69) is 6.58 Å². The molecule has 0 rings (SSSR count). The van der Waals surface area contributed by atoms with Crippen molar-refractivity contribution in [3.63, 3.8) is 0 Å². The lowest BCUT2D eigenvalue weighted by Gasteiger charge is -1.90. The van der Waals surface area contributed by atoms with Crippen LogP contribution in [0.5, 0.6) is 0 Å². The van der Waals surface area contributed by atoms with Crippen LogP contribution in [0.15, 0.2) is 36.0 Å². The van der Waals surface area contributed by atoms with Crippen molar-refractivity contribution in [2.75, 3.05) is 13.7 Å². The van der Waals surface area contributed by atoms with Gasteiger partial charge in [-0.2, -0.15) is 5.26 Å². The second-order valence-electron chi connectivity index (χ2n) is 2.41. The smallest absolute Gasteiger partial charge is 0.0989 e. The van der Waals surface area contributed by atoms with Gasteiger partial charge in [0.2, 0.25) is 0 Å². The summed E-state index contributed by atoms with van der Waals surface area (Å²) >= 11 is 0. The molecule has 0 aliphatic carbocycles. The van der Waals surface area contributed by atoms with E-state index in [-0.39, 0.29) is 0 Å². The van der Waals surface area contributed by atoms with Gasteiger partial charge in [0.1, 0.15) is 0 Å². The minimum atomic E-state index is 0.462. The third kappa shape index (κ3) is 5.45. The molecule has 64 valence electrons. The van der Waals surface area contributed by atoms with Crippen LogP contribution >= 0.6 is 0 Å². The minimum absolute atomic E-state index is 0.462. The summed E-state index contributed by atoms with van der Waals surface area (Å²) in [6.07, 6.45) is 5.24. The van der Waals surface area contributed by atoms with E-state index in [0.29, 0.717) is 12.2 Å². The molecule has 2 heteroatoms. The molecule has 0 heterocycles. The highest BCUT2D eigenvalue weighted by atomic mass is 16.5. The standard InChI is InChI=1S/C10H13NO/c1-9(2)4-5-10(8-11)6-7-12-3/h4-6H,1,7H2,2-3H3/b5-4-,10-6+. The molecule has 0 aliphatic heterocycles. The summed E-state index contributed by atoms with van der Waals surface area (Å²) in [6, 6.07) is 2.05. The Morgan fingerprint density at radius 3 is 2.67 bits per heavy atom. The molecule has 0 N–H and O–H groups in total. The zero-order chi connectivity index (χ0) is 9.40. The predicted molar refractivity (Wildman–Crippen MR) is 49.5 cm³/mol. The topological polar surface area (TPSA) is 33.0 Å². The highest BCUT2D eigenvalue weighted by molar-refractivity contribution is 5.35. The monoisotopic (exact) mass is 163 g/mol. The fourth-order valence-corrected chi connectivity index (χ4v) is 0.556. The molecule has 0 unspecified atom stereocenters. The average Bonchev–Trinajstić information content (AvgIpc) is 2.05. The van der Waals surface area contributed by atoms with E-state index in [4.69, 9.17) is 10.00 Å². The van der Waals surface area contributed by atoms with Gasteiger partial charge in [0.25, 0.3) is 0 Å².